The van der Waals surface area contributed by atoms with E-state index in [1.54, 1.807) is 13.8 Å². The molecule has 1 aliphatic carbocycles. The van der Waals surface area contributed by atoms with Crippen LogP contribution >= 0.6 is 12.6 Å². The normalized spacial score (nSPS) is 16.6. The summed E-state index contributed by atoms with van der Waals surface area (Å²) >= 11 is 4.31. The summed E-state index contributed by atoms with van der Waals surface area (Å²) in [6.45, 7) is 13.1. The zero-order valence-electron chi connectivity index (χ0n) is 26.0. The van der Waals surface area contributed by atoms with Gasteiger partial charge in [0.25, 0.3) is 0 Å². The number of aryl methyl sites for hydroxylation is 1. The maximum absolute atomic E-state index is 12.6. The molecule has 1 saturated carbocycles. The van der Waals surface area contributed by atoms with Crippen molar-refractivity contribution in [2.24, 2.45) is 5.92 Å². The maximum atomic E-state index is 12.6. The van der Waals surface area contributed by atoms with E-state index >= 15 is 0 Å². The van der Waals surface area contributed by atoms with Crippen LogP contribution in [0.4, 0.5) is 0 Å². The first kappa shape index (κ1) is 33.7. The van der Waals surface area contributed by atoms with E-state index in [2.05, 4.69) is 57.0 Å². The lowest BCUT2D eigenvalue weighted by molar-refractivity contribution is -0.131. The first-order valence-corrected chi connectivity index (χ1v) is 16.5. The van der Waals surface area contributed by atoms with Crippen LogP contribution in [0.1, 0.15) is 115 Å². The van der Waals surface area contributed by atoms with E-state index in [9.17, 15) is 9.59 Å². The average molecular weight is 591 g/mol. The fraction of sp³-hybridized carbons (Fsp3) is 0.514. The summed E-state index contributed by atoms with van der Waals surface area (Å²) in [4.78, 5) is 25.2. The quantitative estimate of drug-likeness (QED) is 0.0695. The Morgan fingerprint density at radius 2 is 1.43 bits per heavy atom. The van der Waals surface area contributed by atoms with Crippen LogP contribution < -0.4 is 9.47 Å². The molecule has 0 radical (unpaired) electrons. The Kier molecular flexibility index (Phi) is 13.9. The van der Waals surface area contributed by atoms with E-state index in [-0.39, 0.29) is 0 Å². The summed E-state index contributed by atoms with van der Waals surface area (Å²) in [7, 11) is 0. The fourth-order valence-corrected chi connectivity index (χ4v) is 5.98. The standard InChI is InChI=1S/C37H50O4S/c1-6-7-10-13-28-15-17-29(18-16-28)30-19-21-31(22-20-30)33-25-34(40-36(38)26(2)3)32(14-11-8-9-12-23-42)24-35(33)41-37(39)27(4)5/h19-22,24-25,28-29,42H,2,4,6-18,23H2,1,3,5H3. The van der Waals surface area contributed by atoms with E-state index in [0.29, 0.717) is 40.5 Å². The Hall–Kier alpha value is -2.79. The number of ether oxygens (including phenoxy) is 2. The van der Waals surface area contributed by atoms with Gasteiger partial charge in [0.2, 0.25) is 0 Å². The highest BCUT2D eigenvalue weighted by atomic mass is 32.1. The number of unbranched alkanes of at least 4 members (excludes halogenated alkanes) is 5. The maximum Gasteiger partial charge on any atom is 0.338 e. The highest BCUT2D eigenvalue weighted by Crippen LogP contribution is 2.41. The van der Waals surface area contributed by atoms with E-state index < -0.39 is 11.9 Å². The van der Waals surface area contributed by atoms with E-state index in [4.69, 9.17) is 9.47 Å². The molecule has 4 nitrogen and oxygen atoms in total. The molecule has 0 saturated heterocycles. The topological polar surface area (TPSA) is 52.6 Å². The molecule has 0 spiro atoms. The van der Waals surface area contributed by atoms with Crippen molar-refractivity contribution in [3.63, 3.8) is 0 Å². The van der Waals surface area contributed by atoms with Gasteiger partial charge in [-0.3, -0.25) is 0 Å². The molecule has 0 heterocycles. The summed E-state index contributed by atoms with van der Waals surface area (Å²) in [6, 6.07) is 12.3. The lowest BCUT2D eigenvalue weighted by Gasteiger charge is -2.29. The first-order chi connectivity index (χ1) is 20.2. The van der Waals surface area contributed by atoms with Gasteiger partial charge in [0.15, 0.2) is 0 Å². The van der Waals surface area contributed by atoms with Crippen molar-refractivity contribution in [1.82, 2.24) is 0 Å². The van der Waals surface area contributed by atoms with Crippen molar-refractivity contribution in [2.75, 3.05) is 5.75 Å². The number of benzene rings is 2. The Labute approximate surface area is 259 Å². The predicted molar refractivity (Wildman–Crippen MR) is 178 cm³/mol. The Morgan fingerprint density at radius 1 is 0.810 bits per heavy atom. The zero-order valence-corrected chi connectivity index (χ0v) is 26.9. The molecule has 5 heteroatoms. The molecular weight excluding hydrogens is 540 g/mol. The van der Waals surface area contributed by atoms with Crippen molar-refractivity contribution in [3.8, 4) is 22.6 Å². The minimum absolute atomic E-state index is 0.327. The molecule has 2 aromatic rings. The van der Waals surface area contributed by atoms with Crippen LogP contribution in [0.5, 0.6) is 11.5 Å². The van der Waals surface area contributed by atoms with Crippen molar-refractivity contribution in [2.45, 2.75) is 110 Å². The number of carbonyl (C=O) groups excluding carboxylic acids is 2. The van der Waals surface area contributed by atoms with Gasteiger partial charge in [-0.2, -0.15) is 12.6 Å². The third kappa shape index (κ3) is 10.2. The zero-order chi connectivity index (χ0) is 30.5. The minimum Gasteiger partial charge on any atom is -0.423 e. The largest absolute Gasteiger partial charge is 0.423 e. The number of hydrogen-bond acceptors (Lipinski definition) is 5. The molecule has 0 aliphatic heterocycles. The molecule has 0 atom stereocenters. The van der Waals surface area contributed by atoms with Gasteiger partial charge >= 0.3 is 11.9 Å². The molecular formula is C37H50O4S. The Balaban J connectivity index is 1.88. The SMILES string of the molecule is C=C(C)C(=O)Oc1cc(-c2ccc(C3CCC(CCCCC)CC3)cc2)c(OC(=O)C(=C)C)cc1CCCCCCS. The van der Waals surface area contributed by atoms with Crippen molar-refractivity contribution >= 4 is 24.6 Å². The van der Waals surface area contributed by atoms with Crippen LogP contribution in [0.2, 0.25) is 0 Å². The average Bonchev–Trinajstić information content (AvgIpc) is 2.98. The summed E-state index contributed by atoms with van der Waals surface area (Å²) in [6.07, 6.45) is 15.3. The molecule has 1 fully saturated rings. The molecule has 3 rings (SSSR count). The minimum atomic E-state index is -0.477. The highest BCUT2D eigenvalue weighted by Gasteiger charge is 2.23. The summed E-state index contributed by atoms with van der Waals surface area (Å²) in [5, 5.41) is 0. The molecule has 0 amide bonds. The predicted octanol–water partition coefficient (Wildman–Crippen LogP) is 10.2. The molecule has 228 valence electrons. The molecule has 0 N–H and O–H groups in total. The number of thiol groups is 1. The van der Waals surface area contributed by atoms with Crippen LogP contribution in [-0.2, 0) is 16.0 Å². The summed E-state index contributed by atoms with van der Waals surface area (Å²) in [5.41, 5.74) is 4.46. The molecule has 0 unspecified atom stereocenters. The second kappa shape index (κ2) is 17.4. The van der Waals surface area contributed by atoms with E-state index in [0.717, 1.165) is 48.5 Å². The number of hydrogen-bond donors (Lipinski definition) is 1. The lowest BCUT2D eigenvalue weighted by Crippen LogP contribution is -2.13. The molecule has 0 bridgehead atoms. The second-order valence-electron chi connectivity index (χ2n) is 12.0. The highest BCUT2D eigenvalue weighted by molar-refractivity contribution is 7.80. The van der Waals surface area contributed by atoms with Crippen molar-refractivity contribution in [3.05, 3.63) is 71.8 Å². The van der Waals surface area contributed by atoms with Crippen LogP contribution in [0, 0.1) is 5.92 Å². The Morgan fingerprint density at radius 3 is 2.02 bits per heavy atom. The van der Waals surface area contributed by atoms with Gasteiger partial charge in [-0.25, -0.2) is 9.59 Å². The summed E-state index contributed by atoms with van der Waals surface area (Å²) < 4.78 is 11.7. The van der Waals surface area contributed by atoms with E-state index in [1.807, 2.05) is 12.1 Å². The van der Waals surface area contributed by atoms with Gasteiger partial charge < -0.3 is 9.47 Å². The fourth-order valence-electron chi connectivity index (χ4n) is 5.76. The third-order valence-corrected chi connectivity index (χ3v) is 8.69. The number of esters is 2. The first-order valence-electron chi connectivity index (χ1n) is 15.9. The molecule has 1 aliphatic rings. The van der Waals surface area contributed by atoms with Gasteiger partial charge in [-0.1, -0.05) is 82.9 Å². The third-order valence-electron chi connectivity index (χ3n) is 8.37. The smallest absolute Gasteiger partial charge is 0.338 e. The molecule has 2 aromatic carbocycles. The monoisotopic (exact) mass is 590 g/mol. The summed E-state index contributed by atoms with van der Waals surface area (Å²) in [5.74, 6) is 2.31. The van der Waals surface area contributed by atoms with Crippen LogP contribution in [-0.4, -0.2) is 17.7 Å². The Bertz CT molecular complexity index is 1210. The van der Waals surface area contributed by atoms with E-state index in [1.165, 1.54) is 56.9 Å². The number of carbonyl (C=O) groups is 2. The second-order valence-corrected chi connectivity index (χ2v) is 12.5. The van der Waals surface area contributed by atoms with Gasteiger partial charge in [-0.15, -0.1) is 0 Å². The van der Waals surface area contributed by atoms with Crippen LogP contribution in [0.25, 0.3) is 11.1 Å². The lowest BCUT2D eigenvalue weighted by atomic mass is 9.77. The van der Waals surface area contributed by atoms with Crippen LogP contribution in [0.15, 0.2) is 60.7 Å². The van der Waals surface area contributed by atoms with Crippen LogP contribution in [0.3, 0.4) is 0 Å². The van der Waals surface area contributed by atoms with Gasteiger partial charge in [0.05, 0.1) is 0 Å². The van der Waals surface area contributed by atoms with Crippen molar-refractivity contribution < 1.29 is 19.1 Å². The van der Waals surface area contributed by atoms with Crippen molar-refractivity contribution in [1.29, 1.82) is 0 Å². The number of rotatable bonds is 16. The van der Waals surface area contributed by atoms with Gasteiger partial charge in [0, 0.05) is 16.7 Å². The molecule has 0 aromatic heterocycles. The molecule has 42 heavy (non-hydrogen) atoms. The van der Waals surface area contributed by atoms with Gasteiger partial charge in [0.1, 0.15) is 11.5 Å². The van der Waals surface area contributed by atoms with Gasteiger partial charge in [-0.05, 0) is 105 Å².